The van der Waals surface area contributed by atoms with E-state index in [9.17, 15) is 0 Å². The van der Waals surface area contributed by atoms with Crippen LogP contribution in [-0.4, -0.2) is 78.6 Å². The molecule has 0 aliphatic rings. The molecule has 0 aromatic heterocycles. The lowest BCUT2D eigenvalue weighted by atomic mass is 10.0. The van der Waals surface area contributed by atoms with Crippen LogP contribution >= 0.6 is 11.8 Å². The zero-order valence-electron chi connectivity index (χ0n) is 12.2. The van der Waals surface area contributed by atoms with Gasteiger partial charge in [-0.05, 0) is 6.26 Å². The van der Waals surface area contributed by atoms with Gasteiger partial charge in [-0.15, -0.1) is 0 Å². The summed E-state index contributed by atoms with van der Waals surface area (Å²) < 4.78 is 27.1. The van der Waals surface area contributed by atoms with Crippen LogP contribution in [0.1, 0.15) is 0 Å². The van der Waals surface area contributed by atoms with E-state index in [-0.39, 0.29) is 24.4 Å². The Hall–Kier alpha value is 0.150. The molecule has 0 spiro atoms. The molecule has 0 saturated carbocycles. The first-order chi connectivity index (χ1) is 8.69. The smallest absolute Gasteiger partial charge is 0.114 e. The van der Waals surface area contributed by atoms with E-state index in [1.807, 2.05) is 6.26 Å². The van der Waals surface area contributed by atoms with Crippen LogP contribution in [0.3, 0.4) is 0 Å². The van der Waals surface area contributed by atoms with Gasteiger partial charge in [0.25, 0.3) is 0 Å². The molecule has 0 aliphatic carbocycles. The molecule has 18 heavy (non-hydrogen) atoms. The van der Waals surface area contributed by atoms with E-state index in [1.165, 1.54) is 0 Å². The summed E-state index contributed by atoms with van der Waals surface area (Å²) in [6.45, 7) is 0.449. The maximum absolute atomic E-state index is 5.54. The maximum atomic E-state index is 5.54. The third-order valence-electron chi connectivity index (χ3n) is 2.87. The lowest BCUT2D eigenvalue weighted by molar-refractivity contribution is -0.154. The Morgan fingerprint density at radius 3 is 1.61 bits per heavy atom. The van der Waals surface area contributed by atoms with Crippen molar-refractivity contribution < 1.29 is 23.7 Å². The van der Waals surface area contributed by atoms with Gasteiger partial charge >= 0.3 is 0 Å². The minimum Gasteiger partial charge on any atom is -0.382 e. The summed E-state index contributed by atoms with van der Waals surface area (Å²) in [6, 6.07) is 0. The van der Waals surface area contributed by atoms with Gasteiger partial charge in [0.05, 0.1) is 12.7 Å². The van der Waals surface area contributed by atoms with Gasteiger partial charge in [0.1, 0.15) is 18.3 Å². The molecule has 0 rings (SSSR count). The van der Waals surface area contributed by atoms with E-state index in [1.54, 1.807) is 47.3 Å². The normalized spacial score (nSPS) is 18.3. The molecule has 6 heteroatoms. The summed E-state index contributed by atoms with van der Waals surface area (Å²) in [5.74, 6) is 0.832. The lowest BCUT2D eigenvalue weighted by Crippen LogP contribution is -2.50. The van der Waals surface area contributed by atoms with E-state index >= 15 is 0 Å². The second kappa shape index (κ2) is 11.0. The predicted molar refractivity (Wildman–Crippen MR) is 73.4 cm³/mol. The van der Waals surface area contributed by atoms with Gasteiger partial charge in [-0.2, -0.15) is 11.8 Å². The molecule has 0 heterocycles. The van der Waals surface area contributed by atoms with Crippen molar-refractivity contribution in [3.63, 3.8) is 0 Å². The molecule has 0 fully saturated rings. The predicted octanol–water partition coefficient (Wildman–Crippen LogP) is 1.06. The van der Waals surface area contributed by atoms with Crippen molar-refractivity contribution in [3.8, 4) is 0 Å². The molecule has 0 aromatic rings. The Labute approximate surface area is 114 Å². The highest BCUT2D eigenvalue weighted by molar-refractivity contribution is 7.98. The van der Waals surface area contributed by atoms with E-state index in [0.717, 1.165) is 5.75 Å². The van der Waals surface area contributed by atoms with Crippen LogP contribution in [0.5, 0.6) is 0 Å². The topological polar surface area (TPSA) is 46.2 Å². The van der Waals surface area contributed by atoms with E-state index in [2.05, 4.69) is 0 Å². The summed E-state index contributed by atoms with van der Waals surface area (Å²) in [7, 11) is 8.25. The van der Waals surface area contributed by atoms with Gasteiger partial charge in [0.15, 0.2) is 0 Å². The van der Waals surface area contributed by atoms with Crippen LogP contribution in [-0.2, 0) is 23.7 Å². The Morgan fingerprint density at radius 2 is 1.28 bits per heavy atom. The molecule has 0 amide bonds. The van der Waals surface area contributed by atoms with Crippen molar-refractivity contribution in [1.29, 1.82) is 0 Å². The Balaban J connectivity index is 4.81. The zero-order valence-corrected chi connectivity index (χ0v) is 13.0. The van der Waals surface area contributed by atoms with Crippen molar-refractivity contribution in [3.05, 3.63) is 0 Å². The largest absolute Gasteiger partial charge is 0.382 e. The highest BCUT2D eigenvalue weighted by Gasteiger charge is 2.35. The highest BCUT2D eigenvalue weighted by atomic mass is 32.2. The molecule has 0 aromatic carbocycles. The fourth-order valence-corrected chi connectivity index (χ4v) is 2.57. The molecule has 110 valence electrons. The number of rotatable bonds is 11. The van der Waals surface area contributed by atoms with Crippen LogP contribution < -0.4 is 0 Å². The minimum absolute atomic E-state index is 0.0514. The van der Waals surface area contributed by atoms with E-state index in [0.29, 0.717) is 6.61 Å². The van der Waals surface area contributed by atoms with Crippen LogP contribution in [0.15, 0.2) is 0 Å². The van der Waals surface area contributed by atoms with Crippen molar-refractivity contribution in [1.82, 2.24) is 0 Å². The molecule has 0 aliphatic heterocycles. The van der Waals surface area contributed by atoms with Gasteiger partial charge in [-0.25, -0.2) is 0 Å². The number of hydrogen-bond acceptors (Lipinski definition) is 6. The summed E-state index contributed by atoms with van der Waals surface area (Å²) in [5.41, 5.74) is 0. The van der Waals surface area contributed by atoms with Crippen molar-refractivity contribution in [2.45, 2.75) is 24.4 Å². The monoisotopic (exact) mass is 282 g/mol. The van der Waals surface area contributed by atoms with Crippen LogP contribution in [0, 0.1) is 0 Å². The highest BCUT2D eigenvalue weighted by Crippen LogP contribution is 2.18. The van der Waals surface area contributed by atoms with Gasteiger partial charge in [-0.1, -0.05) is 0 Å². The summed E-state index contributed by atoms with van der Waals surface area (Å²) in [5, 5.41) is 0. The van der Waals surface area contributed by atoms with Gasteiger partial charge < -0.3 is 23.7 Å². The minimum atomic E-state index is -0.239. The van der Waals surface area contributed by atoms with Gasteiger partial charge in [-0.3, -0.25) is 0 Å². The molecule has 4 atom stereocenters. The molecule has 0 N–H and O–H groups in total. The quantitative estimate of drug-likeness (QED) is 0.564. The summed E-state index contributed by atoms with van der Waals surface area (Å²) >= 11 is 1.71. The average Bonchev–Trinajstić information content (AvgIpc) is 2.40. The number of thioether (sulfide) groups is 1. The van der Waals surface area contributed by atoms with Gasteiger partial charge in [0, 0.05) is 41.3 Å². The standard InChI is InChI=1S/C12H26O5S/c1-13-7-9(14-2)11(16-4)12(17-5)10(15-3)8-18-6/h9-12H,7-8H2,1-6H3. The van der Waals surface area contributed by atoms with Crippen molar-refractivity contribution in [2.75, 3.05) is 54.2 Å². The Kier molecular flexibility index (Phi) is 11.1. The summed E-state index contributed by atoms with van der Waals surface area (Å²) in [4.78, 5) is 0. The molecule has 0 radical (unpaired) electrons. The number of ether oxygens (including phenoxy) is 5. The fraction of sp³-hybridized carbons (Fsp3) is 1.00. The zero-order chi connectivity index (χ0) is 14.0. The molecular formula is C12H26O5S. The van der Waals surface area contributed by atoms with Gasteiger partial charge in [0.2, 0.25) is 0 Å². The first-order valence-corrected chi connectivity index (χ1v) is 7.18. The molecule has 4 unspecified atom stereocenters. The van der Waals surface area contributed by atoms with E-state index < -0.39 is 0 Å². The summed E-state index contributed by atoms with van der Waals surface area (Å²) in [6.07, 6.45) is 1.35. The van der Waals surface area contributed by atoms with Crippen molar-refractivity contribution >= 4 is 11.8 Å². The van der Waals surface area contributed by atoms with Crippen LogP contribution in [0.4, 0.5) is 0 Å². The van der Waals surface area contributed by atoms with E-state index in [4.69, 9.17) is 23.7 Å². The van der Waals surface area contributed by atoms with Crippen LogP contribution in [0.2, 0.25) is 0 Å². The fourth-order valence-electron chi connectivity index (χ4n) is 1.92. The van der Waals surface area contributed by atoms with Crippen LogP contribution in [0.25, 0.3) is 0 Å². The third kappa shape index (κ3) is 5.42. The Bertz CT molecular complexity index is 173. The average molecular weight is 282 g/mol. The molecule has 0 bridgehead atoms. The third-order valence-corrected chi connectivity index (χ3v) is 3.53. The maximum Gasteiger partial charge on any atom is 0.114 e. The second-order valence-corrected chi connectivity index (χ2v) is 4.77. The van der Waals surface area contributed by atoms with Crippen molar-refractivity contribution in [2.24, 2.45) is 0 Å². The number of methoxy groups -OCH3 is 5. The Morgan fingerprint density at radius 1 is 0.778 bits per heavy atom. The lowest BCUT2D eigenvalue weighted by Gasteiger charge is -2.34. The molecule has 5 nitrogen and oxygen atoms in total. The number of hydrogen-bond donors (Lipinski definition) is 0. The molecular weight excluding hydrogens is 256 g/mol. The SMILES string of the molecule is COCC(OC)C(OC)C(OC)C(CSC)OC. The first-order valence-electron chi connectivity index (χ1n) is 5.79. The molecule has 0 saturated heterocycles. The first kappa shape index (κ1) is 18.1. The second-order valence-electron chi connectivity index (χ2n) is 3.86.